The molecular weight excluding hydrogens is 350 g/mol. The highest BCUT2D eigenvalue weighted by Crippen LogP contribution is 2.30. The van der Waals surface area contributed by atoms with Crippen LogP contribution >= 0.6 is 0 Å². The molecule has 5 heteroatoms. The van der Waals surface area contributed by atoms with Gasteiger partial charge < -0.3 is 4.42 Å². The highest BCUT2D eigenvalue weighted by Gasteiger charge is 2.26. The molecule has 0 spiro atoms. The lowest BCUT2D eigenvalue weighted by atomic mass is 9.92. The average molecular weight is 365 g/mol. The van der Waals surface area contributed by atoms with Gasteiger partial charge in [0.25, 0.3) is 0 Å². The summed E-state index contributed by atoms with van der Waals surface area (Å²) in [5, 5.41) is 9.58. The molecule has 0 unspecified atom stereocenters. The molecule has 1 atom stereocenters. The van der Waals surface area contributed by atoms with E-state index in [0.717, 1.165) is 5.56 Å². The summed E-state index contributed by atoms with van der Waals surface area (Å²) in [6, 6.07) is 23.8. The van der Waals surface area contributed by atoms with Crippen LogP contribution in [0.3, 0.4) is 0 Å². The molecular formula is C23H15N3O2. The number of pyridine rings is 1. The third-order valence-electron chi connectivity index (χ3n) is 4.36. The van der Waals surface area contributed by atoms with Crippen molar-refractivity contribution in [2.24, 2.45) is 0 Å². The number of hydrogen-bond donors (Lipinski definition) is 0. The van der Waals surface area contributed by atoms with E-state index in [4.69, 9.17) is 4.42 Å². The fraction of sp³-hybridized carbons (Fsp3) is 0.0435. The number of Topliss-reactive ketones (excluding diaryl/α,β-unsaturated/α-hetero) is 1. The van der Waals surface area contributed by atoms with Crippen molar-refractivity contribution in [1.82, 2.24) is 9.97 Å². The van der Waals surface area contributed by atoms with E-state index in [-0.39, 0.29) is 5.78 Å². The summed E-state index contributed by atoms with van der Waals surface area (Å²) in [6.07, 6.45) is 3.20. The monoisotopic (exact) mass is 365 g/mol. The van der Waals surface area contributed by atoms with Crippen molar-refractivity contribution in [3.8, 4) is 28.8 Å². The Labute approximate surface area is 161 Å². The van der Waals surface area contributed by atoms with Gasteiger partial charge in [0.1, 0.15) is 0 Å². The Bertz CT molecular complexity index is 1150. The van der Waals surface area contributed by atoms with E-state index in [1.54, 1.807) is 54.9 Å². The first-order valence-electron chi connectivity index (χ1n) is 8.73. The molecule has 4 aromatic rings. The predicted molar refractivity (Wildman–Crippen MR) is 104 cm³/mol. The van der Waals surface area contributed by atoms with E-state index in [1.807, 2.05) is 30.3 Å². The van der Waals surface area contributed by atoms with Crippen molar-refractivity contribution in [3.05, 3.63) is 96.4 Å². The second-order valence-electron chi connectivity index (χ2n) is 6.12. The van der Waals surface area contributed by atoms with E-state index in [0.29, 0.717) is 28.5 Å². The Hall–Kier alpha value is -4.04. The summed E-state index contributed by atoms with van der Waals surface area (Å²) < 4.78 is 5.90. The summed E-state index contributed by atoms with van der Waals surface area (Å²) in [6.45, 7) is 0. The van der Waals surface area contributed by atoms with Gasteiger partial charge in [0, 0.05) is 22.9 Å². The van der Waals surface area contributed by atoms with E-state index < -0.39 is 5.92 Å². The van der Waals surface area contributed by atoms with Crippen LogP contribution in [-0.2, 0) is 0 Å². The maximum atomic E-state index is 13.1. The first kappa shape index (κ1) is 17.4. The Morgan fingerprint density at radius 2 is 1.68 bits per heavy atom. The lowest BCUT2D eigenvalue weighted by molar-refractivity contribution is 0.0978. The third-order valence-corrected chi connectivity index (χ3v) is 4.36. The number of aromatic nitrogens is 2. The van der Waals surface area contributed by atoms with Gasteiger partial charge in [0.2, 0.25) is 5.89 Å². The largest absolute Gasteiger partial charge is 0.436 e. The summed E-state index contributed by atoms with van der Waals surface area (Å²) >= 11 is 0. The topological polar surface area (TPSA) is 79.8 Å². The van der Waals surface area contributed by atoms with E-state index in [2.05, 4.69) is 16.0 Å². The zero-order chi connectivity index (χ0) is 19.3. The van der Waals surface area contributed by atoms with Crippen LogP contribution < -0.4 is 0 Å². The smallest absolute Gasteiger partial charge is 0.227 e. The van der Waals surface area contributed by atoms with Crippen LogP contribution in [0.1, 0.15) is 22.0 Å². The second kappa shape index (κ2) is 7.68. The number of nitrogens with zero attached hydrogens (tertiary/aromatic N) is 3. The lowest BCUT2D eigenvalue weighted by Gasteiger charge is -2.10. The number of oxazole rings is 1. The molecule has 5 nitrogen and oxygen atoms in total. The SMILES string of the molecule is N#C[C@@H](C(=O)c1ccccc1-c1ncc(-c2ccccc2)o1)c1ccccn1. The normalized spacial score (nSPS) is 11.5. The molecule has 0 saturated heterocycles. The van der Waals surface area contributed by atoms with Gasteiger partial charge in [0.05, 0.1) is 18.0 Å². The third kappa shape index (κ3) is 3.31. The fourth-order valence-electron chi connectivity index (χ4n) is 2.98. The minimum absolute atomic E-state index is 0.334. The standard InChI is InChI=1S/C23H15N3O2/c24-14-19(20-12-6-7-13-25-20)22(27)17-10-4-5-11-18(17)23-26-15-21(28-23)16-8-2-1-3-9-16/h1-13,15,19H/t19-/m1/s1. The van der Waals surface area contributed by atoms with Crippen LogP contribution in [0.25, 0.3) is 22.8 Å². The fourth-order valence-corrected chi connectivity index (χ4v) is 2.98. The number of rotatable bonds is 5. The summed E-state index contributed by atoms with van der Waals surface area (Å²) in [5.74, 6) is -0.387. The molecule has 0 aliphatic rings. The maximum Gasteiger partial charge on any atom is 0.227 e. The van der Waals surface area contributed by atoms with Crippen LogP contribution in [0.15, 0.2) is 89.6 Å². The molecule has 0 aliphatic carbocycles. The van der Waals surface area contributed by atoms with Gasteiger partial charge in [-0.25, -0.2) is 4.98 Å². The van der Waals surface area contributed by atoms with Gasteiger partial charge in [-0.05, 0) is 18.2 Å². The Balaban J connectivity index is 1.73. The molecule has 0 fully saturated rings. The Morgan fingerprint density at radius 1 is 0.929 bits per heavy atom. The maximum absolute atomic E-state index is 13.1. The van der Waals surface area contributed by atoms with Gasteiger partial charge in [0.15, 0.2) is 17.5 Å². The van der Waals surface area contributed by atoms with E-state index in [1.165, 1.54) is 0 Å². The minimum Gasteiger partial charge on any atom is -0.436 e. The van der Waals surface area contributed by atoms with Crippen LogP contribution in [0.2, 0.25) is 0 Å². The molecule has 2 heterocycles. The van der Waals surface area contributed by atoms with Gasteiger partial charge in [-0.2, -0.15) is 5.26 Å². The number of benzene rings is 2. The molecule has 0 amide bonds. The Morgan fingerprint density at radius 3 is 2.43 bits per heavy atom. The number of carbonyl (C=O) groups is 1. The quantitative estimate of drug-likeness (QED) is 0.470. The average Bonchev–Trinajstić information content (AvgIpc) is 3.26. The van der Waals surface area contributed by atoms with Crippen LogP contribution in [0.4, 0.5) is 0 Å². The summed E-state index contributed by atoms with van der Waals surface area (Å²) in [7, 11) is 0. The highest BCUT2D eigenvalue weighted by molar-refractivity contribution is 6.06. The molecule has 0 N–H and O–H groups in total. The van der Waals surface area contributed by atoms with Gasteiger partial charge in [-0.15, -0.1) is 0 Å². The second-order valence-corrected chi connectivity index (χ2v) is 6.12. The molecule has 4 rings (SSSR count). The number of nitriles is 1. The minimum atomic E-state index is -0.995. The van der Waals surface area contributed by atoms with E-state index in [9.17, 15) is 10.1 Å². The van der Waals surface area contributed by atoms with Crippen molar-refractivity contribution in [2.75, 3.05) is 0 Å². The van der Waals surface area contributed by atoms with Crippen LogP contribution in [0.5, 0.6) is 0 Å². The summed E-state index contributed by atoms with van der Waals surface area (Å²) in [4.78, 5) is 21.6. The van der Waals surface area contributed by atoms with Crippen molar-refractivity contribution in [3.63, 3.8) is 0 Å². The molecule has 0 radical (unpaired) electrons. The van der Waals surface area contributed by atoms with Gasteiger partial charge in [-0.3, -0.25) is 9.78 Å². The summed E-state index contributed by atoms with van der Waals surface area (Å²) in [5.41, 5.74) is 2.24. The van der Waals surface area contributed by atoms with Crippen molar-refractivity contribution in [1.29, 1.82) is 5.26 Å². The number of ketones is 1. The number of hydrogen-bond acceptors (Lipinski definition) is 5. The van der Waals surface area contributed by atoms with Gasteiger partial charge >= 0.3 is 0 Å². The van der Waals surface area contributed by atoms with Crippen LogP contribution in [-0.4, -0.2) is 15.8 Å². The van der Waals surface area contributed by atoms with Gasteiger partial charge in [-0.1, -0.05) is 54.6 Å². The molecule has 2 aromatic heterocycles. The molecule has 0 saturated carbocycles. The molecule has 0 bridgehead atoms. The molecule has 134 valence electrons. The highest BCUT2D eigenvalue weighted by atomic mass is 16.4. The van der Waals surface area contributed by atoms with Crippen molar-refractivity contribution in [2.45, 2.75) is 5.92 Å². The van der Waals surface area contributed by atoms with E-state index >= 15 is 0 Å². The predicted octanol–water partition coefficient (Wildman–Crippen LogP) is 4.89. The molecule has 0 aliphatic heterocycles. The molecule has 2 aromatic carbocycles. The lowest BCUT2D eigenvalue weighted by Crippen LogP contribution is -2.13. The van der Waals surface area contributed by atoms with Crippen molar-refractivity contribution >= 4 is 5.78 Å². The van der Waals surface area contributed by atoms with Crippen LogP contribution in [0, 0.1) is 11.3 Å². The first-order chi connectivity index (χ1) is 13.8. The zero-order valence-electron chi connectivity index (χ0n) is 14.8. The first-order valence-corrected chi connectivity index (χ1v) is 8.73. The Kier molecular flexibility index (Phi) is 4.77. The van der Waals surface area contributed by atoms with Crippen molar-refractivity contribution < 1.29 is 9.21 Å². The number of carbonyl (C=O) groups excluding carboxylic acids is 1. The zero-order valence-corrected chi connectivity index (χ0v) is 14.8. The molecule has 28 heavy (non-hydrogen) atoms.